The van der Waals surface area contributed by atoms with Crippen LogP contribution < -0.4 is 0 Å². The van der Waals surface area contributed by atoms with E-state index in [0.717, 1.165) is 37.5 Å². The van der Waals surface area contributed by atoms with Crippen molar-refractivity contribution in [3.63, 3.8) is 0 Å². The summed E-state index contributed by atoms with van der Waals surface area (Å²) < 4.78 is 15.0. The molecule has 2 aliphatic rings. The van der Waals surface area contributed by atoms with Crippen LogP contribution in [0.3, 0.4) is 0 Å². The van der Waals surface area contributed by atoms with Gasteiger partial charge in [0.15, 0.2) is 4.90 Å². The molecule has 0 spiro atoms. The maximum absolute atomic E-state index is 12.9. The first-order valence-corrected chi connectivity index (χ1v) is 11.4. The average molecular weight is 383 g/mol. The van der Waals surface area contributed by atoms with Crippen molar-refractivity contribution >= 4 is 11.4 Å². The summed E-state index contributed by atoms with van der Waals surface area (Å²) in [5.74, 6) is 0. The van der Waals surface area contributed by atoms with Gasteiger partial charge in [-0.25, -0.2) is 0 Å². The zero-order valence-corrected chi connectivity index (χ0v) is 17.3. The number of rotatable bonds is 7. The fraction of sp³-hybridized carbons (Fsp3) is 0.478. The van der Waals surface area contributed by atoms with E-state index in [1.807, 2.05) is 24.3 Å². The average Bonchev–Trinajstić information content (AvgIpc) is 3.13. The highest BCUT2D eigenvalue weighted by molar-refractivity contribution is 7.89. The first-order chi connectivity index (χ1) is 13.2. The van der Waals surface area contributed by atoms with Crippen molar-refractivity contribution < 1.29 is 4.55 Å². The molecule has 0 bridgehead atoms. The third kappa shape index (κ3) is 3.95. The van der Waals surface area contributed by atoms with Crippen LogP contribution in [0.5, 0.6) is 0 Å². The zero-order chi connectivity index (χ0) is 18.8. The highest BCUT2D eigenvalue weighted by Crippen LogP contribution is 2.41. The van der Waals surface area contributed by atoms with E-state index in [-0.39, 0.29) is 0 Å². The van der Waals surface area contributed by atoms with Gasteiger partial charge >= 0.3 is 0 Å². The topological polar surface area (TPSA) is 29.5 Å². The van der Waals surface area contributed by atoms with E-state index >= 15 is 0 Å². The highest BCUT2D eigenvalue weighted by atomic mass is 32.2. The van der Waals surface area contributed by atoms with Crippen LogP contribution in [0.1, 0.15) is 48.1 Å². The Morgan fingerprint density at radius 2 is 1.85 bits per heavy atom. The normalized spacial score (nSPS) is 20.1. The van der Waals surface area contributed by atoms with Crippen LogP contribution in [-0.4, -0.2) is 39.9 Å². The SMILES string of the molecule is CCN(CCCN1CCc2cccc3c2C1CC3)[S+]([O-])c1ccc(C)cc1. The molecular formula is C23H30N2OS. The van der Waals surface area contributed by atoms with Crippen molar-refractivity contribution in [1.82, 2.24) is 9.21 Å². The number of hydrogen-bond donors (Lipinski definition) is 0. The molecule has 144 valence electrons. The minimum atomic E-state index is -1.06. The Labute approximate surface area is 166 Å². The zero-order valence-electron chi connectivity index (χ0n) is 16.5. The third-order valence-corrected chi connectivity index (χ3v) is 7.66. The minimum Gasteiger partial charge on any atom is -0.593 e. The molecule has 1 aliphatic carbocycles. The predicted molar refractivity (Wildman–Crippen MR) is 112 cm³/mol. The highest BCUT2D eigenvalue weighted by Gasteiger charge is 2.33. The second-order valence-electron chi connectivity index (χ2n) is 7.77. The second kappa shape index (κ2) is 8.36. The molecule has 27 heavy (non-hydrogen) atoms. The molecule has 0 aromatic heterocycles. The van der Waals surface area contributed by atoms with Gasteiger partial charge in [0.2, 0.25) is 0 Å². The van der Waals surface area contributed by atoms with E-state index in [1.54, 1.807) is 16.7 Å². The number of aryl methyl sites for hydroxylation is 2. The molecule has 0 radical (unpaired) electrons. The predicted octanol–water partition coefficient (Wildman–Crippen LogP) is 4.28. The maximum Gasteiger partial charge on any atom is 0.174 e. The largest absolute Gasteiger partial charge is 0.593 e. The first-order valence-electron chi connectivity index (χ1n) is 10.3. The summed E-state index contributed by atoms with van der Waals surface area (Å²) in [7, 11) is 0. The Balaban J connectivity index is 1.34. The van der Waals surface area contributed by atoms with Crippen LogP contribution in [0.2, 0.25) is 0 Å². The monoisotopic (exact) mass is 382 g/mol. The molecule has 0 amide bonds. The number of hydrogen-bond acceptors (Lipinski definition) is 3. The van der Waals surface area contributed by atoms with E-state index in [2.05, 4.69) is 41.3 Å². The molecule has 3 nitrogen and oxygen atoms in total. The fourth-order valence-electron chi connectivity index (χ4n) is 4.63. The molecule has 2 atom stereocenters. The lowest BCUT2D eigenvalue weighted by Gasteiger charge is -2.35. The second-order valence-corrected chi connectivity index (χ2v) is 9.25. The fourth-order valence-corrected chi connectivity index (χ4v) is 5.83. The Hall–Kier alpha value is -1.33. The molecule has 0 fully saturated rings. The molecule has 0 saturated carbocycles. The van der Waals surface area contributed by atoms with E-state index in [0.29, 0.717) is 6.04 Å². The number of benzene rings is 2. The summed E-state index contributed by atoms with van der Waals surface area (Å²) in [6, 6.07) is 15.6. The van der Waals surface area contributed by atoms with E-state index in [1.165, 1.54) is 24.8 Å². The molecule has 2 unspecified atom stereocenters. The molecule has 4 rings (SSSR count). The summed E-state index contributed by atoms with van der Waals surface area (Å²) >= 11 is -1.06. The molecule has 0 N–H and O–H groups in total. The van der Waals surface area contributed by atoms with Crippen molar-refractivity contribution in [3.8, 4) is 0 Å². The molecule has 4 heteroatoms. The lowest BCUT2D eigenvalue weighted by molar-refractivity contribution is 0.179. The Morgan fingerprint density at radius 1 is 1.11 bits per heavy atom. The van der Waals surface area contributed by atoms with Crippen molar-refractivity contribution in [2.24, 2.45) is 0 Å². The standard InChI is InChI=1S/C23H30N2OS/c1-3-25(27(26)21-11-8-18(2)9-12-21)16-5-15-24-17-14-20-7-4-6-19-10-13-22(24)23(19)20/h4,6-9,11-12,22H,3,5,10,13-17H2,1-2H3. The molecule has 0 saturated heterocycles. The summed E-state index contributed by atoms with van der Waals surface area (Å²) in [5.41, 5.74) is 5.97. The summed E-state index contributed by atoms with van der Waals surface area (Å²) in [5, 5.41) is 0. The Kier molecular flexibility index (Phi) is 5.88. The lowest BCUT2D eigenvalue weighted by atomic mass is 9.93. The van der Waals surface area contributed by atoms with Crippen molar-refractivity contribution in [3.05, 3.63) is 64.7 Å². The van der Waals surface area contributed by atoms with Gasteiger partial charge in [0, 0.05) is 32.2 Å². The molecule has 1 aliphatic heterocycles. The summed E-state index contributed by atoms with van der Waals surface area (Å²) in [6.45, 7) is 8.13. The summed E-state index contributed by atoms with van der Waals surface area (Å²) in [4.78, 5) is 3.58. The quantitative estimate of drug-likeness (QED) is 0.670. The van der Waals surface area contributed by atoms with Crippen LogP contribution in [0.4, 0.5) is 0 Å². The van der Waals surface area contributed by atoms with Gasteiger partial charge in [-0.2, -0.15) is 0 Å². The van der Waals surface area contributed by atoms with Gasteiger partial charge < -0.3 is 4.55 Å². The van der Waals surface area contributed by atoms with Gasteiger partial charge in [0.05, 0.1) is 11.4 Å². The van der Waals surface area contributed by atoms with Gasteiger partial charge in [0.25, 0.3) is 0 Å². The van der Waals surface area contributed by atoms with Gasteiger partial charge in [-0.1, -0.05) is 35.9 Å². The van der Waals surface area contributed by atoms with Crippen LogP contribution in [0.25, 0.3) is 0 Å². The molecule has 2 aromatic rings. The Morgan fingerprint density at radius 3 is 2.59 bits per heavy atom. The van der Waals surface area contributed by atoms with Crippen molar-refractivity contribution in [2.75, 3.05) is 26.2 Å². The number of nitrogens with zero attached hydrogens (tertiary/aromatic N) is 2. The van der Waals surface area contributed by atoms with E-state index in [4.69, 9.17) is 0 Å². The van der Waals surface area contributed by atoms with Gasteiger partial charge in [0.1, 0.15) is 0 Å². The lowest BCUT2D eigenvalue weighted by Crippen LogP contribution is -2.38. The first kappa shape index (κ1) is 19.0. The van der Waals surface area contributed by atoms with Crippen LogP contribution in [-0.2, 0) is 24.2 Å². The Bertz CT molecular complexity index is 776. The smallest absolute Gasteiger partial charge is 0.174 e. The van der Waals surface area contributed by atoms with E-state index in [9.17, 15) is 4.55 Å². The van der Waals surface area contributed by atoms with Crippen molar-refractivity contribution in [2.45, 2.75) is 50.5 Å². The molecule has 1 heterocycles. The van der Waals surface area contributed by atoms with Crippen LogP contribution in [0, 0.1) is 6.92 Å². The van der Waals surface area contributed by atoms with Crippen LogP contribution >= 0.6 is 0 Å². The van der Waals surface area contributed by atoms with Gasteiger partial charge in [-0.05, 0) is 68.4 Å². The van der Waals surface area contributed by atoms with Gasteiger partial charge in [-0.3, -0.25) is 4.90 Å². The summed E-state index contributed by atoms with van der Waals surface area (Å²) in [6.07, 6.45) is 4.73. The van der Waals surface area contributed by atoms with Crippen molar-refractivity contribution in [1.29, 1.82) is 0 Å². The maximum atomic E-state index is 12.9. The molecule has 2 aromatic carbocycles. The van der Waals surface area contributed by atoms with Gasteiger partial charge in [-0.15, -0.1) is 4.31 Å². The minimum absolute atomic E-state index is 0.614. The molecular weight excluding hydrogens is 352 g/mol. The van der Waals surface area contributed by atoms with E-state index < -0.39 is 11.4 Å². The van der Waals surface area contributed by atoms with Crippen LogP contribution in [0.15, 0.2) is 47.4 Å². The third-order valence-electron chi connectivity index (χ3n) is 6.08.